The molecule has 0 aliphatic heterocycles. The molecule has 0 saturated heterocycles. The van der Waals surface area contributed by atoms with Gasteiger partial charge in [-0.25, -0.2) is 0 Å². The molecule has 1 aromatic carbocycles. The normalized spacial score (nSPS) is 12.0. The summed E-state index contributed by atoms with van der Waals surface area (Å²) in [6.07, 6.45) is 9.54. The van der Waals surface area contributed by atoms with E-state index in [9.17, 15) is 4.79 Å². The first-order chi connectivity index (χ1) is 10.4. The molecule has 0 aliphatic carbocycles. The Kier molecular flexibility index (Phi) is 10.4. The molecule has 118 valence electrons. The summed E-state index contributed by atoms with van der Waals surface area (Å²) in [5.74, 6) is 0. The monoisotopic (exact) mass is 292 g/mol. The highest BCUT2D eigenvalue weighted by atomic mass is 16.7. The zero-order chi connectivity index (χ0) is 15.2. The number of hydrogen-bond acceptors (Lipinski definition) is 3. The number of ether oxygens (including phenoxy) is 2. The number of carbonyl (C=O) groups excluding carboxylic acids is 1. The summed E-state index contributed by atoms with van der Waals surface area (Å²) in [6, 6.07) is 9.57. The van der Waals surface area contributed by atoms with E-state index in [4.69, 9.17) is 9.47 Å². The maximum atomic E-state index is 10.5. The molecule has 0 bridgehead atoms. The topological polar surface area (TPSA) is 35.5 Å². The lowest BCUT2D eigenvalue weighted by Crippen LogP contribution is -2.09. The van der Waals surface area contributed by atoms with Crippen LogP contribution in [0.4, 0.5) is 0 Å². The first kappa shape index (κ1) is 17.7. The lowest BCUT2D eigenvalue weighted by molar-refractivity contribution is -0.166. The third-order valence-corrected chi connectivity index (χ3v) is 3.52. The average molecular weight is 292 g/mol. The van der Waals surface area contributed by atoms with Crippen LogP contribution in [0.3, 0.4) is 0 Å². The molecule has 1 aromatic rings. The van der Waals surface area contributed by atoms with Gasteiger partial charge in [-0.3, -0.25) is 4.79 Å². The van der Waals surface area contributed by atoms with Gasteiger partial charge in [-0.1, -0.05) is 82.2 Å². The van der Waals surface area contributed by atoms with Gasteiger partial charge in [0.25, 0.3) is 6.47 Å². The summed E-state index contributed by atoms with van der Waals surface area (Å²) >= 11 is 0. The van der Waals surface area contributed by atoms with Crippen molar-refractivity contribution in [1.29, 1.82) is 0 Å². The molecule has 0 heterocycles. The first-order valence-corrected chi connectivity index (χ1v) is 8.14. The molecular formula is C18H28O3. The molecule has 0 aliphatic rings. The number of rotatable bonds is 13. The van der Waals surface area contributed by atoms with Crippen LogP contribution in [-0.2, 0) is 14.3 Å². The summed E-state index contributed by atoms with van der Waals surface area (Å²) in [7, 11) is 0. The molecule has 0 aromatic heterocycles. The second-order valence-electron chi connectivity index (χ2n) is 5.32. The van der Waals surface area contributed by atoms with Crippen molar-refractivity contribution >= 4 is 6.47 Å². The first-order valence-electron chi connectivity index (χ1n) is 8.14. The van der Waals surface area contributed by atoms with E-state index in [0.717, 1.165) is 12.0 Å². The minimum atomic E-state index is -0.576. The second kappa shape index (κ2) is 12.4. The SMILES string of the molecule is CCCCCCCCCCOC(OC=O)c1ccccc1. The van der Waals surface area contributed by atoms with Crippen molar-refractivity contribution < 1.29 is 14.3 Å². The molecule has 0 N–H and O–H groups in total. The Morgan fingerprint density at radius 3 is 2.19 bits per heavy atom. The Balaban J connectivity index is 2.10. The van der Waals surface area contributed by atoms with E-state index in [1.165, 1.54) is 44.9 Å². The van der Waals surface area contributed by atoms with Crippen molar-refractivity contribution in [1.82, 2.24) is 0 Å². The van der Waals surface area contributed by atoms with Crippen molar-refractivity contribution in [3.8, 4) is 0 Å². The quantitative estimate of drug-likeness (QED) is 0.291. The average Bonchev–Trinajstić information content (AvgIpc) is 2.53. The van der Waals surface area contributed by atoms with E-state index in [2.05, 4.69) is 6.92 Å². The highest BCUT2D eigenvalue weighted by molar-refractivity contribution is 5.38. The predicted molar refractivity (Wildman–Crippen MR) is 84.9 cm³/mol. The zero-order valence-corrected chi connectivity index (χ0v) is 13.1. The van der Waals surface area contributed by atoms with E-state index in [1.807, 2.05) is 30.3 Å². The van der Waals surface area contributed by atoms with Gasteiger partial charge in [0.1, 0.15) is 0 Å². The van der Waals surface area contributed by atoms with Gasteiger partial charge in [-0.2, -0.15) is 0 Å². The van der Waals surface area contributed by atoms with E-state index in [0.29, 0.717) is 13.1 Å². The van der Waals surface area contributed by atoms with Crippen molar-refractivity contribution in [2.75, 3.05) is 6.61 Å². The van der Waals surface area contributed by atoms with Crippen molar-refractivity contribution in [3.05, 3.63) is 35.9 Å². The fourth-order valence-electron chi connectivity index (χ4n) is 2.30. The van der Waals surface area contributed by atoms with Crippen LogP contribution in [0.2, 0.25) is 0 Å². The molecular weight excluding hydrogens is 264 g/mol. The van der Waals surface area contributed by atoms with E-state index < -0.39 is 6.29 Å². The zero-order valence-electron chi connectivity index (χ0n) is 13.1. The Hall–Kier alpha value is -1.35. The number of benzene rings is 1. The molecule has 0 fully saturated rings. The highest BCUT2D eigenvalue weighted by Gasteiger charge is 2.11. The number of unbranched alkanes of at least 4 members (excludes halogenated alkanes) is 7. The fourth-order valence-corrected chi connectivity index (χ4v) is 2.30. The van der Waals surface area contributed by atoms with Gasteiger partial charge in [0.05, 0.1) is 6.61 Å². The predicted octanol–water partition coefficient (Wildman–Crippen LogP) is 5.02. The minimum absolute atomic E-state index is 0.450. The van der Waals surface area contributed by atoms with Crippen molar-refractivity contribution in [2.24, 2.45) is 0 Å². The summed E-state index contributed by atoms with van der Waals surface area (Å²) in [5, 5.41) is 0. The fraction of sp³-hybridized carbons (Fsp3) is 0.611. The largest absolute Gasteiger partial charge is 0.433 e. The van der Waals surface area contributed by atoms with Crippen LogP contribution < -0.4 is 0 Å². The Morgan fingerprint density at radius 2 is 1.57 bits per heavy atom. The smallest absolute Gasteiger partial charge is 0.295 e. The van der Waals surface area contributed by atoms with E-state index in [1.54, 1.807) is 0 Å². The van der Waals surface area contributed by atoms with Crippen LogP contribution >= 0.6 is 0 Å². The molecule has 3 heteroatoms. The second-order valence-corrected chi connectivity index (χ2v) is 5.32. The maximum absolute atomic E-state index is 10.5. The third kappa shape index (κ3) is 8.51. The molecule has 21 heavy (non-hydrogen) atoms. The Morgan fingerprint density at radius 1 is 0.952 bits per heavy atom. The van der Waals surface area contributed by atoms with Gasteiger partial charge in [-0.05, 0) is 6.42 Å². The van der Waals surface area contributed by atoms with Crippen LogP contribution in [0.25, 0.3) is 0 Å². The standard InChI is InChI=1S/C18H28O3/c1-2-3-4-5-6-7-8-12-15-20-18(21-16-19)17-13-10-9-11-14-17/h9-11,13-14,16,18H,2-8,12,15H2,1H3. The van der Waals surface area contributed by atoms with Crippen LogP contribution in [0.15, 0.2) is 30.3 Å². The third-order valence-electron chi connectivity index (χ3n) is 3.52. The van der Waals surface area contributed by atoms with Crippen LogP contribution in [0, 0.1) is 0 Å². The Bertz CT molecular complexity index is 351. The van der Waals surface area contributed by atoms with Gasteiger partial charge >= 0.3 is 0 Å². The van der Waals surface area contributed by atoms with Gasteiger partial charge in [0.2, 0.25) is 6.29 Å². The molecule has 1 atom stereocenters. The summed E-state index contributed by atoms with van der Waals surface area (Å²) in [4.78, 5) is 10.5. The molecule has 0 radical (unpaired) electrons. The molecule has 0 amide bonds. The van der Waals surface area contributed by atoms with Crippen LogP contribution in [-0.4, -0.2) is 13.1 Å². The lowest BCUT2D eigenvalue weighted by atomic mass is 10.1. The molecule has 3 nitrogen and oxygen atoms in total. The maximum Gasteiger partial charge on any atom is 0.295 e. The number of carbonyl (C=O) groups is 1. The summed E-state index contributed by atoms with van der Waals surface area (Å²) in [5.41, 5.74) is 0.879. The lowest BCUT2D eigenvalue weighted by Gasteiger charge is -2.16. The van der Waals surface area contributed by atoms with Crippen LogP contribution in [0.5, 0.6) is 0 Å². The molecule has 0 spiro atoms. The summed E-state index contributed by atoms with van der Waals surface area (Å²) < 4.78 is 10.7. The molecule has 1 unspecified atom stereocenters. The van der Waals surface area contributed by atoms with Crippen molar-refractivity contribution in [3.63, 3.8) is 0 Å². The summed E-state index contributed by atoms with van der Waals surface area (Å²) in [6.45, 7) is 3.32. The van der Waals surface area contributed by atoms with Crippen LogP contribution in [0.1, 0.15) is 70.1 Å². The van der Waals surface area contributed by atoms with Gasteiger partial charge in [0.15, 0.2) is 0 Å². The minimum Gasteiger partial charge on any atom is -0.433 e. The van der Waals surface area contributed by atoms with Gasteiger partial charge in [-0.15, -0.1) is 0 Å². The Labute approximate surface area is 128 Å². The molecule has 0 saturated carbocycles. The van der Waals surface area contributed by atoms with Crippen molar-refractivity contribution in [2.45, 2.75) is 64.6 Å². The van der Waals surface area contributed by atoms with Gasteiger partial charge in [0, 0.05) is 5.56 Å². The number of hydrogen-bond donors (Lipinski definition) is 0. The van der Waals surface area contributed by atoms with Gasteiger partial charge < -0.3 is 9.47 Å². The van der Waals surface area contributed by atoms with E-state index in [-0.39, 0.29) is 0 Å². The molecule has 1 rings (SSSR count). The van der Waals surface area contributed by atoms with E-state index >= 15 is 0 Å². The highest BCUT2D eigenvalue weighted by Crippen LogP contribution is 2.18.